The van der Waals surface area contributed by atoms with Gasteiger partial charge in [-0.25, -0.2) is 9.37 Å². The minimum absolute atomic E-state index is 0.351. The third-order valence-corrected chi connectivity index (χ3v) is 2.93. The number of hydrogen-bond acceptors (Lipinski definition) is 3. The Morgan fingerprint density at radius 1 is 1.29 bits per heavy atom. The lowest BCUT2D eigenvalue weighted by Gasteiger charge is -2.12. The van der Waals surface area contributed by atoms with Crippen LogP contribution in [0, 0.1) is 5.82 Å². The number of halogens is 1. The number of aromatic nitrogens is 1. The summed E-state index contributed by atoms with van der Waals surface area (Å²) in [6, 6.07) is 9.64. The molecule has 2 rings (SSSR count). The van der Waals surface area contributed by atoms with Gasteiger partial charge in [0.25, 0.3) is 0 Å². The number of hydrogen-bond donors (Lipinski definition) is 2. The van der Waals surface area contributed by atoms with E-state index in [0.717, 1.165) is 12.1 Å². The maximum Gasteiger partial charge on any atom is 0.224 e. The standard InChI is InChI=1S/C15H16FN3OS/c1-2-17-15(21)19-10-11-5-4-8-18-14(11)20-13-7-3-6-12(16)9-13/h3-9H,2,10H2,1H3,(H2,17,19,21). The van der Waals surface area contributed by atoms with Crippen LogP contribution in [0.4, 0.5) is 4.39 Å². The van der Waals surface area contributed by atoms with Gasteiger partial charge >= 0.3 is 0 Å². The van der Waals surface area contributed by atoms with Gasteiger partial charge in [0.05, 0.1) is 0 Å². The summed E-state index contributed by atoms with van der Waals surface area (Å²) in [7, 11) is 0. The predicted molar refractivity (Wildman–Crippen MR) is 83.8 cm³/mol. The number of ether oxygens (including phenoxy) is 1. The van der Waals surface area contributed by atoms with Crippen LogP contribution in [-0.4, -0.2) is 16.6 Å². The molecule has 0 atom stereocenters. The van der Waals surface area contributed by atoms with Crippen LogP contribution in [0.2, 0.25) is 0 Å². The second-order valence-corrected chi connectivity index (χ2v) is 4.65. The Hall–Kier alpha value is -2.21. The first-order chi connectivity index (χ1) is 10.2. The molecule has 0 saturated carbocycles. The summed E-state index contributed by atoms with van der Waals surface area (Å²) in [5, 5.41) is 6.63. The maximum absolute atomic E-state index is 13.2. The first kappa shape index (κ1) is 15.2. The van der Waals surface area contributed by atoms with Crippen molar-refractivity contribution in [1.82, 2.24) is 15.6 Å². The molecule has 21 heavy (non-hydrogen) atoms. The Morgan fingerprint density at radius 2 is 2.14 bits per heavy atom. The molecule has 0 amide bonds. The van der Waals surface area contributed by atoms with Crippen LogP contribution in [0.5, 0.6) is 11.6 Å². The molecular weight excluding hydrogens is 289 g/mol. The number of nitrogens with one attached hydrogen (secondary N) is 2. The molecule has 1 aromatic heterocycles. The largest absolute Gasteiger partial charge is 0.439 e. The number of thiocarbonyl (C=S) groups is 1. The van der Waals surface area contributed by atoms with Crippen LogP contribution in [0.3, 0.4) is 0 Å². The SMILES string of the molecule is CCNC(=S)NCc1cccnc1Oc1cccc(F)c1. The van der Waals surface area contributed by atoms with E-state index in [9.17, 15) is 4.39 Å². The van der Waals surface area contributed by atoms with E-state index >= 15 is 0 Å². The van der Waals surface area contributed by atoms with E-state index in [1.165, 1.54) is 12.1 Å². The minimum atomic E-state index is -0.351. The van der Waals surface area contributed by atoms with Crippen LogP contribution in [0.1, 0.15) is 12.5 Å². The van der Waals surface area contributed by atoms with E-state index in [0.29, 0.717) is 23.3 Å². The zero-order valence-corrected chi connectivity index (χ0v) is 12.4. The van der Waals surface area contributed by atoms with Crippen molar-refractivity contribution in [1.29, 1.82) is 0 Å². The maximum atomic E-state index is 13.2. The smallest absolute Gasteiger partial charge is 0.224 e. The van der Waals surface area contributed by atoms with E-state index < -0.39 is 0 Å². The molecule has 0 aliphatic carbocycles. The van der Waals surface area contributed by atoms with Crippen molar-refractivity contribution >= 4 is 17.3 Å². The van der Waals surface area contributed by atoms with Crippen molar-refractivity contribution in [3.63, 3.8) is 0 Å². The van der Waals surface area contributed by atoms with Crippen LogP contribution >= 0.6 is 12.2 Å². The molecule has 0 aliphatic rings. The Balaban J connectivity index is 2.08. The summed E-state index contributed by atoms with van der Waals surface area (Å²) in [4.78, 5) is 4.18. The van der Waals surface area contributed by atoms with Gasteiger partial charge in [0.1, 0.15) is 11.6 Å². The van der Waals surface area contributed by atoms with Crippen molar-refractivity contribution in [3.05, 3.63) is 54.0 Å². The molecule has 110 valence electrons. The van der Waals surface area contributed by atoms with Crippen molar-refractivity contribution < 1.29 is 9.13 Å². The van der Waals surface area contributed by atoms with Gasteiger partial charge in [0.15, 0.2) is 5.11 Å². The molecule has 0 saturated heterocycles. The second-order valence-electron chi connectivity index (χ2n) is 4.24. The number of pyridine rings is 1. The van der Waals surface area contributed by atoms with Crippen LogP contribution in [-0.2, 0) is 6.54 Å². The van der Waals surface area contributed by atoms with Gasteiger partial charge in [-0.15, -0.1) is 0 Å². The van der Waals surface area contributed by atoms with Gasteiger partial charge in [-0.3, -0.25) is 0 Å². The Kier molecular flexibility index (Phi) is 5.45. The van der Waals surface area contributed by atoms with Crippen molar-refractivity contribution in [3.8, 4) is 11.6 Å². The van der Waals surface area contributed by atoms with Gasteiger partial charge in [-0.2, -0.15) is 0 Å². The highest BCUT2D eigenvalue weighted by molar-refractivity contribution is 7.80. The Bertz CT molecular complexity index is 621. The predicted octanol–water partition coefficient (Wildman–Crippen LogP) is 3.00. The Labute approximate surface area is 128 Å². The lowest BCUT2D eigenvalue weighted by Crippen LogP contribution is -2.34. The average molecular weight is 305 g/mol. The first-order valence-electron chi connectivity index (χ1n) is 6.58. The monoisotopic (exact) mass is 305 g/mol. The van der Waals surface area contributed by atoms with Gasteiger partial charge in [0, 0.05) is 30.9 Å². The highest BCUT2D eigenvalue weighted by Gasteiger charge is 2.07. The zero-order chi connectivity index (χ0) is 15.1. The molecule has 2 aromatic rings. The summed E-state index contributed by atoms with van der Waals surface area (Å²) in [5.41, 5.74) is 0.835. The van der Waals surface area contributed by atoms with E-state index in [4.69, 9.17) is 17.0 Å². The summed E-state index contributed by atoms with van der Waals surface area (Å²) >= 11 is 5.11. The fourth-order valence-corrected chi connectivity index (χ4v) is 1.91. The lowest BCUT2D eigenvalue weighted by atomic mass is 10.2. The molecule has 1 aromatic carbocycles. The summed E-state index contributed by atoms with van der Waals surface area (Å²) in [6.45, 7) is 3.20. The van der Waals surface area contributed by atoms with Crippen molar-refractivity contribution in [2.45, 2.75) is 13.5 Å². The molecule has 0 bridgehead atoms. The molecule has 0 fully saturated rings. The fraction of sp³-hybridized carbons (Fsp3) is 0.200. The molecular formula is C15H16FN3OS. The topological polar surface area (TPSA) is 46.2 Å². The average Bonchev–Trinajstić information content (AvgIpc) is 2.47. The van der Waals surface area contributed by atoms with Gasteiger partial charge in [-0.1, -0.05) is 12.1 Å². The molecule has 1 heterocycles. The second kappa shape index (κ2) is 7.54. The van der Waals surface area contributed by atoms with E-state index in [2.05, 4.69) is 15.6 Å². The molecule has 0 aliphatic heterocycles. The molecule has 2 N–H and O–H groups in total. The zero-order valence-electron chi connectivity index (χ0n) is 11.6. The summed E-state index contributed by atoms with van der Waals surface area (Å²) < 4.78 is 18.8. The number of benzene rings is 1. The fourth-order valence-electron chi connectivity index (χ4n) is 1.69. The van der Waals surface area contributed by atoms with E-state index in [-0.39, 0.29) is 5.82 Å². The summed E-state index contributed by atoms with van der Waals surface area (Å²) in [6.07, 6.45) is 1.63. The molecule has 0 radical (unpaired) electrons. The van der Waals surface area contributed by atoms with Crippen LogP contribution in [0.25, 0.3) is 0 Å². The normalized spacial score (nSPS) is 10.0. The van der Waals surface area contributed by atoms with Gasteiger partial charge in [0.2, 0.25) is 5.88 Å². The van der Waals surface area contributed by atoms with E-state index in [1.807, 2.05) is 19.1 Å². The molecule has 0 unspecified atom stereocenters. The third kappa shape index (κ3) is 4.68. The number of rotatable bonds is 5. The van der Waals surface area contributed by atoms with E-state index in [1.54, 1.807) is 18.3 Å². The summed E-state index contributed by atoms with van der Waals surface area (Å²) in [5.74, 6) is 0.482. The minimum Gasteiger partial charge on any atom is -0.439 e. The first-order valence-corrected chi connectivity index (χ1v) is 6.99. The van der Waals surface area contributed by atoms with Crippen molar-refractivity contribution in [2.75, 3.05) is 6.54 Å². The highest BCUT2D eigenvalue weighted by Crippen LogP contribution is 2.23. The van der Waals surface area contributed by atoms with Crippen LogP contribution in [0.15, 0.2) is 42.6 Å². The highest BCUT2D eigenvalue weighted by atomic mass is 32.1. The third-order valence-electron chi connectivity index (χ3n) is 2.64. The molecule has 0 spiro atoms. The van der Waals surface area contributed by atoms with Gasteiger partial charge < -0.3 is 15.4 Å². The molecule has 6 heteroatoms. The van der Waals surface area contributed by atoms with Crippen molar-refractivity contribution in [2.24, 2.45) is 0 Å². The number of nitrogens with zero attached hydrogens (tertiary/aromatic N) is 1. The lowest BCUT2D eigenvalue weighted by molar-refractivity contribution is 0.451. The quantitative estimate of drug-likeness (QED) is 0.832. The molecule has 4 nitrogen and oxygen atoms in total. The van der Waals surface area contributed by atoms with Crippen LogP contribution < -0.4 is 15.4 Å². The van der Waals surface area contributed by atoms with Gasteiger partial charge in [-0.05, 0) is 37.3 Å². The Morgan fingerprint density at radius 3 is 2.90 bits per heavy atom.